The van der Waals surface area contributed by atoms with Crippen LogP contribution in [0.1, 0.15) is 41.6 Å². The summed E-state index contributed by atoms with van der Waals surface area (Å²) < 4.78 is 39.7. The molecule has 4 nitrogen and oxygen atoms in total. The number of nitrogens with zero attached hydrogens (tertiary/aromatic N) is 1. The van der Waals surface area contributed by atoms with Crippen LogP contribution in [0.5, 0.6) is 5.75 Å². The Hall–Kier alpha value is -3.48. The van der Waals surface area contributed by atoms with Crippen molar-refractivity contribution in [2.75, 3.05) is 13.7 Å². The van der Waals surface area contributed by atoms with Crippen LogP contribution in [0, 0.1) is 11.6 Å². The summed E-state index contributed by atoms with van der Waals surface area (Å²) in [5.74, 6) is 0.631. The highest BCUT2D eigenvalue weighted by molar-refractivity contribution is 5.44. The minimum absolute atomic E-state index is 0.196. The number of aliphatic hydroxyl groups is 1. The van der Waals surface area contributed by atoms with Crippen molar-refractivity contribution in [2.45, 2.75) is 32.0 Å². The van der Waals surface area contributed by atoms with E-state index in [1.165, 1.54) is 36.4 Å². The highest BCUT2D eigenvalue weighted by atomic mass is 19.1. The molecule has 4 aromatic rings. The first kappa shape index (κ1) is 24.6. The van der Waals surface area contributed by atoms with Crippen molar-refractivity contribution < 1.29 is 23.0 Å². The van der Waals surface area contributed by atoms with Crippen molar-refractivity contribution in [2.24, 2.45) is 0 Å². The highest BCUT2D eigenvalue weighted by Gasteiger charge is 2.38. The molecule has 0 aliphatic rings. The molecule has 1 aromatic heterocycles. The summed E-state index contributed by atoms with van der Waals surface area (Å²) >= 11 is 0. The van der Waals surface area contributed by atoms with Crippen LogP contribution in [0.3, 0.4) is 0 Å². The van der Waals surface area contributed by atoms with Gasteiger partial charge in [0.2, 0.25) is 0 Å². The number of hydrogen-bond acceptors (Lipinski definition) is 4. The van der Waals surface area contributed by atoms with Crippen molar-refractivity contribution in [3.63, 3.8) is 0 Å². The second-order valence-corrected chi connectivity index (χ2v) is 8.56. The van der Waals surface area contributed by atoms with E-state index in [0.717, 1.165) is 24.3 Å². The summed E-state index contributed by atoms with van der Waals surface area (Å²) in [6.07, 6.45) is 0.952. The van der Waals surface area contributed by atoms with E-state index in [9.17, 15) is 13.9 Å². The smallest absolute Gasteiger partial charge is 0.173 e. The Morgan fingerprint density at radius 2 is 1.51 bits per heavy atom. The van der Waals surface area contributed by atoms with Gasteiger partial charge in [0.05, 0.1) is 13.7 Å². The van der Waals surface area contributed by atoms with E-state index in [0.29, 0.717) is 18.8 Å². The summed E-state index contributed by atoms with van der Waals surface area (Å²) in [5, 5.41) is 11.9. The minimum Gasteiger partial charge on any atom is -0.497 e. The Morgan fingerprint density at radius 3 is 2.11 bits per heavy atom. The molecule has 0 saturated carbocycles. The number of benzene rings is 3. The summed E-state index contributed by atoms with van der Waals surface area (Å²) in [5.41, 5.74) is -0.234. The van der Waals surface area contributed by atoms with Gasteiger partial charge in [0.1, 0.15) is 28.9 Å². The highest BCUT2D eigenvalue weighted by Crippen LogP contribution is 2.38. The number of rotatable bonds is 10. The second kappa shape index (κ2) is 10.8. The van der Waals surface area contributed by atoms with Crippen LogP contribution in [0.4, 0.5) is 8.78 Å². The zero-order valence-electron chi connectivity index (χ0n) is 19.9. The number of methoxy groups -OCH3 is 1. The van der Waals surface area contributed by atoms with Gasteiger partial charge in [-0.15, -0.1) is 0 Å². The van der Waals surface area contributed by atoms with Gasteiger partial charge in [0.15, 0.2) is 5.60 Å². The molecule has 0 aliphatic carbocycles. The molecule has 0 fully saturated rings. The summed E-state index contributed by atoms with van der Waals surface area (Å²) in [6.45, 7) is 4.15. The molecule has 35 heavy (non-hydrogen) atoms. The monoisotopic (exact) mass is 477 g/mol. The molecular weight excluding hydrogens is 448 g/mol. The molecular formula is C29H29F2NO3. The van der Waals surface area contributed by atoms with Gasteiger partial charge in [-0.25, -0.2) is 8.78 Å². The Balaban J connectivity index is 1.66. The molecule has 0 spiro atoms. The maximum Gasteiger partial charge on any atom is 0.173 e. The molecule has 0 radical (unpaired) electrons. The SMILES string of the molecule is CCCN(Cc1cccc(OC)c1)Cc1ccc(C(O)(c2cccc(F)c2)c2cccc(F)c2)o1. The summed E-state index contributed by atoms with van der Waals surface area (Å²) in [7, 11) is 1.64. The van der Waals surface area contributed by atoms with Crippen LogP contribution in [0.2, 0.25) is 0 Å². The minimum atomic E-state index is -1.86. The zero-order valence-corrected chi connectivity index (χ0v) is 19.9. The van der Waals surface area contributed by atoms with Gasteiger partial charge >= 0.3 is 0 Å². The third kappa shape index (κ3) is 5.61. The fourth-order valence-electron chi connectivity index (χ4n) is 4.32. The van der Waals surface area contributed by atoms with E-state index >= 15 is 0 Å². The van der Waals surface area contributed by atoms with E-state index in [4.69, 9.17) is 9.15 Å². The maximum atomic E-state index is 14.1. The predicted molar refractivity (Wildman–Crippen MR) is 131 cm³/mol. The van der Waals surface area contributed by atoms with Crippen LogP contribution < -0.4 is 4.74 Å². The number of furan rings is 1. The van der Waals surface area contributed by atoms with E-state index in [1.807, 2.05) is 24.3 Å². The van der Waals surface area contributed by atoms with E-state index in [2.05, 4.69) is 11.8 Å². The average Bonchev–Trinajstić information content (AvgIpc) is 3.33. The Labute approximate surface area is 204 Å². The van der Waals surface area contributed by atoms with Crippen molar-refractivity contribution in [3.8, 4) is 5.75 Å². The maximum absolute atomic E-state index is 14.1. The Bertz CT molecular complexity index is 1220. The first-order chi connectivity index (χ1) is 16.9. The van der Waals surface area contributed by atoms with Gasteiger partial charge in [-0.2, -0.15) is 0 Å². The van der Waals surface area contributed by atoms with Crippen molar-refractivity contribution >= 4 is 0 Å². The molecule has 0 amide bonds. The van der Waals surface area contributed by atoms with Gasteiger partial charge in [-0.1, -0.05) is 43.3 Å². The first-order valence-corrected chi connectivity index (χ1v) is 11.6. The van der Waals surface area contributed by atoms with Gasteiger partial charge in [-0.05, 0) is 78.2 Å². The lowest BCUT2D eigenvalue weighted by Gasteiger charge is -2.27. The van der Waals surface area contributed by atoms with Crippen LogP contribution >= 0.6 is 0 Å². The van der Waals surface area contributed by atoms with E-state index in [-0.39, 0.29) is 16.9 Å². The number of hydrogen-bond donors (Lipinski definition) is 1. The molecule has 1 heterocycles. The molecule has 3 aromatic carbocycles. The average molecular weight is 478 g/mol. The topological polar surface area (TPSA) is 45.8 Å². The third-order valence-electron chi connectivity index (χ3n) is 5.96. The Morgan fingerprint density at radius 1 is 0.857 bits per heavy atom. The lowest BCUT2D eigenvalue weighted by Crippen LogP contribution is -2.28. The lowest BCUT2D eigenvalue weighted by atomic mass is 9.84. The van der Waals surface area contributed by atoms with E-state index in [1.54, 1.807) is 31.4 Å². The van der Waals surface area contributed by atoms with Crippen LogP contribution in [0.15, 0.2) is 89.3 Å². The van der Waals surface area contributed by atoms with Gasteiger partial charge in [0, 0.05) is 6.54 Å². The molecule has 0 saturated heterocycles. The molecule has 6 heteroatoms. The number of halogens is 2. The first-order valence-electron chi connectivity index (χ1n) is 11.6. The van der Waals surface area contributed by atoms with E-state index < -0.39 is 17.2 Å². The standard InChI is InChI=1S/C29H29F2NO3/c1-3-15-32(19-21-7-4-12-26(16-21)34-2)20-27-13-14-28(35-27)29(33,22-8-5-10-24(30)17-22)23-9-6-11-25(31)18-23/h4-14,16-18,33H,3,15,19-20H2,1-2H3. The van der Waals surface area contributed by atoms with Crippen LogP contribution in [-0.2, 0) is 18.7 Å². The zero-order chi connectivity index (χ0) is 24.8. The molecule has 182 valence electrons. The van der Waals surface area contributed by atoms with Crippen molar-refractivity contribution in [1.82, 2.24) is 4.90 Å². The largest absolute Gasteiger partial charge is 0.497 e. The summed E-state index contributed by atoms with van der Waals surface area (Å²) in [4.78, 5) is 2.24. The second-order valence-electron chi connectivity index (χ2n) is 8.56. The molecule has 4 rings (SSSR count). The van der Waals surface area contributed by atoms with Gasteiger partial charge in [-0.3, -0.25) is 4.90 Å². The molecule has 0 aliphatic heterocycles. The summed E-state index contributed by atoms with van der Waals surface area (Å²) in [6, 6.07) is 22.7. The normalized spacial score (nSPS) is 11.7. The Kier molecular flexibility index (Phi) is 7.63. The molecule has 0 unspecified atom stereocenters. The molecule has 0 atom stereocenters. The fourth-order valence-corrected chi connectivity index (χ4v) is 4.32. The van der Waals surface area contributed by atoms with Crippen LogP contribution in [-0.4, -0.2) is 23.7 Å². The number of ether oxygens (including phenoxy) is 1. The van der Waals surface area contributed by atoms with Crippen molar-refractivity contribution in [1.29, 1.82) is 0 Å². The van der Waals surface area contributed by atoms with Gasteiger partial charge in [0.25, 0.3) is 0 Å². The fraction of sp³-hybridized carbons (Fsp3) is 0.241. The van der Waals surface area contributed by atoms with Crippen LogP contribution in [0.25, 0.3) is 0 Å². The lowest BCUT2D eigenvalue weighted by molar-refractivity contribution is 0.0945. The molecule has 1 N–H and O–H groups in total. The quantitative estimate of drug-likeness (QED) is 0.293. The third-order valence-corrected chi connectivity index (χ3v) is 5.96. The predicted octanol–water partition coefficient (Wildman–Crippen LogP) is 6.26. The molecule has 0 bridgehead atoms. The van der Waals surface area contributed by atoms with Gasteiger partial charge < -0.3 is 14.3 Å². The van der Waals surface area contributed by atoms with Crippen molar-refractivity contribution in [3.05, 3.63) is 125 Å².